The lowest BCUT2D eigenvalue weighted by Crippen LogP contribution is -2.27. The number of carbonyl (C=O) groups is 1. The number of amides is 2. The zero-order valence-electron chi connectivity index (χ0n) is 13.8. The molecular weight excluding hydrogens is 316 g/mol. The lowest BCUT2D eigenvalue weighted by atomic mass is 10.1. The first kappa shape index (κ1) is 17.8. The quantitative estimate of drug-likeness (QED) is 0.367. The number of nitriles is 1. The van der Waals surface area contributed by atoms with Crippen molar-refractivity contribution in [3.63, 3.8) is 0 Å². The predicted octanol–water partition coefficient (Wildman–Crippen LogP) is 3.03. The van der Waals surface area contributed by atoms with Crippen molar-refractivity contribution in [1.82, 2.24) is 5.43 Å². The number of nitrogens with two attached hydrogens (primary N) is 1. The largest absolute Gasteiger partial charge is 0.490 e. The summed E-state index contributed by atoms with van der Waals surface area (Å²) < 4.78 is 5.73. The van der Waals surface area contributed by atoms with Gasteiger partial charge in [0.25, 0.3) is 0 Å². The maximum absolute atomic E-state index is 10.9. The van der Waals surface area contributed by atoms with Gasteiger partial charge in [-0.2, -0.15) is 10.4 Å². The highest BCUT2D eigenvalue weighted by Crippen LogP contribution is 2.18. The number of benzene rings is 2. The average Bonchev–Trinajstić information content (AvgIpc) is 2.64. The Kier molecular flexibility index (Phi) is 6.32. The summed E-state index contributed by atoms with van der Waals surface area (Å²) >= 11 is 0. The fraction of sp³-hybridized carbons (Fsp3) is 0.105. The fourth-order valence-electron chi connectivity index (χ4n) is 2.13. The molecule has 2 aromatic rings. The van der Waals surface area contributed by atoms with Crippen LogP contribution in [0.3, 0.4) is 0 Å². The summed E-state index contributed by atoms with van der Waals surface area (Å²) in [6, 6.07) is 19.9. The number of rotatable bonds is 6. The molecule has 0 aliphatic carbocycles. The molecule has 0 aliphatic rings. The van der Waals surface area contributed by atoms with Crippen molar-refractivity contribution in [2.45, 2.75) is 6.92 Å². The van der Waals surface area contributed by atoms with Crippen molar-refractivity contribution in [1.29, 1.82) is 5.26 Å². The minimum atomic E-state index is -0.761. The van der Waals surface area contributed by atoms with Crippen LogP contribution in [0.1, 0.15) is 18.1 Å². The number of allylic oxidation sites excluding steroid dienone is 2. The lowest BCUT2D eigenvalue weighted by molar-refractivity contribution is 0.248. The van der Waals surface area contributed by atoms with Crippen molar-refractivity contribution in [2.75, 3.05) is 6.61 Å². The van der Waals surface area contributed by atoms with Crippen molar-refractivity contribution < 1.29 is 9.53 Å². The number of primary amides is 1. The number of carbonyl (C=O) groups excluding carboxylic acids is 1. The average molecular weight is 334 g/mol. The third-order valence-electron chi connectivity index (χ3n) is 3.36. The summed E-state index contributed by atoms with van der Waals surface area (Å²) in [5, 5.41) is 13.4. The van der Waals surface area contributed by atoms with Crippen LogP contribution >= 0.6 is 0 Å². The third kappa shape index (κ3) is 5.22. The molecule has 0 aliphatic heterocycles. The Morgan fingerprint density at radius 1 is 1.12 bits per heavy atom. The fourth-order valence-corrected chi connectivity index (χ4v) is 2.13. The zero-order valence-corrected chi connectivity index (χ0v) is 13.8. The van der Waals surface area contributed by atoms with Gasteiger partial charge in [0.2, 0.25) is 0 Å². The molecule has 0 atom stereocenters. The Hall–Kier alpha value is -3.59. The molecule has 0 unspecified atom stereocenters. The van der Waals surface area contributed by atoms with Crippen LogP contribution in [0.15, 0.2) is 71.5 Å². The second-order valence-electron chi connectivity index (χ2n) is 5.10. The van der Waals surface area contributed by atoms with Gasteiger partial charge < -0.3 is 10.5 Å². The van der Waals surface area contributed by atoms with Gasteiger partial charge in [-0.15, -0.1) is 0 Å². The molecule has 0 saturated carbocycles. The van der Waals surface area contributed by atoms with E-state index >= 15 is 0 Å². The highest BCUT2D eigenvalue weighted by atomic mass is 16.5. The summed E-state index contributed by atoms with van der Waals surface area (Å²) in [7, 11) is 0. The molecule has 0 bridgehead atoms. The van der Waals surface area contributed by atoms with Crippen LogP contribution in [-0.2, 0) is 4.74 Å². The van der Waals surface area contributed by atoms with Crippen LogP contribution in [-0.4, -0.2) is 18.3 Å². The molecule has 2 aromatic carbocycles. The highest BCUT2D eigenvalue weighted by molar-refractivity contribution is 6.02. The van der Waals surface area contributed by atoms with Crippen LogP contribution in [0.25, 0.3) is 5.57 Å². The van der Waals surface area contributed by atoms with E-state index in [-0.39, 0.29) is 6.61 Å². The van der Waals surface area contributed by atoms with Crippen molar-refractivity contribution >= 4 is 17.3 Å². The van der Waals surface area contributed by atoms with E-state index < -0.39 is 6.03 Å². The molecule has 0 spiro atoms. The summed E-state index contributed by atoms with van der Waals surface area (Å²) in [5.74, 6) is 0.469. The number of ether oxygens (including phenoxy) is 1. The number of urea groups is 1. The third-order valence-corrected chi connectivity index (χ3v) is 3.36. The Bertz CT molecular complexity index is 822. The number of nitrogens with one attached hydrogen (secondary N) is 1. The van der Waals surface area contributed by atoms with Gasteiger partial charge in [0.1, 0.15) is 24.1 Å². The second-order valence-corrected chi connectivity index (χ2v) is 5.10. The van der Waals surface area contributed by atoms with E-state index in [0.29, 0.717) is 17.0 Å². The molecule has 2 rings (SSSR count). The predicted molar refractivity (Wildman–Crippen MR) is 96.3 cm³/mol. The van der Waals surface area contributed by atoms with Gasteiger partial charge in [-0.3, -0.25) is 0 Å². The smallest absolute Gasteiger partial charge is 0.332 e. The Morgan fingerprint density at radius 2 is 1.68 bits per heavy atom. The molecule has 0 radical (unpaired) electrons. The van der Waals surface area contributed by atoms with Gasteiger partial charge >= 0.3 is 6.03 Å². The van der Waals surface area contributed by atoms with E-state index in [4.69, 9.17) is 10.5 Å². The number of hydrazone groups is 1. The molecule has 2 amide bonds. The summed E-state index contributed by atoms with van der Waals surface area (Å²) in [6.45, 7) is 1.80. The Morgan fingerprint density at radius 3 is 2.20 bits per heavy atom. The Balaban J connectivity index is 2.22. The molecule has 25 heavy (non-hydrogen) atoms. The van der Waals surface area contributed by atoms with E-state index in [9.17, 15) is 10.1 Å². The van der Waals surface area contributed by atoms with Gasteiger partial charge in [0, 0.05) is 5.56 Å². The van der Waals surface area contributed by atoms with E-state index in [1.54, 1.807) is 6.92 Å². The lowest BCUT2D eigenvalue weighted by Gasteiger charge is -2.11. The summed E-state index contributed by atoms with van der Waals surface area (Å²) in [4.78, 5) is 10.9. The maximum Gasteiger partial charge on any atom is 0.332 e. The minimum Gasteiger partial charge on any atom is -0.490 e. The molecular formula is C19H18N4O2. The highest BCUT2D eigenvalue weighted by Gasteiger charge is 2.10. The van der Waals surface area contributed by atoms with Gasteiger partial charge in [0.15, 0.2) is 0 Å². The summed E-state index contributed by atoms with van der Waals surface area (Å²) in [5.41, 5.74) is 9.76. The number of nitrogens with zero attached hydrogens (tertiary/aromatic N) is 2. The normalized spacial score (nSPS) is 11.9. The first-order valence-corrected chi connectivity index (χ1v) is 7.58. The van der Waals surface area contributed by atoms with Crippen LogP contribution in [0.5, 0.6) is 0 Å². The van der Waals surface area contributed by atoms with Crippen molar-refractivity contribution in [2.24, 2.45) is 10.8 Å². The number of hydrogen-bond acceptors (Lipinski definition) is 4. The van der Waals surface area contributed by atoms with Gasteiger partial charge in [-0.25, -0.2) is 10.2 Å². The maximum atomic E-state index is 10.9. The van der Waals surface area contributed by atoms with Crippen LogP contribution in [0, 0.1) is 11.3 Å². The Labute approximate surface area is 146 Å². The van der Waals surface area contributed by atoms with Gasteiger partial charge in [-0.05, 0) is 12.5 Å². The standard InChI is InChI=1S/C19H18N4O2/c1-14(17(12-20)15-8-4-2-5-9-15)25-13-18(22-23-19(21)24)16-10-6-3-7-11-16/h2-11H,13H2,1H3,(H3,21,23,24)/b17-14+,22-18+. The molecule has 0 heterocycles. The van der Waals surface area contributed by atoms with Crippen molar-refractivity contribution in [3.05, 3.63) is 77.5 Å². The van der Waals surface area contributed by atoms with E-state index in [1.807, 2.05) is 60.7 Å². The minimum absolute atomic E-state index is 0.0775. The second kappa shape index (κ2) is 8.89. The van der Waals surface area contributed by atoms with Crippen LogP contribution in [0.4, 0.5) is 4.79 Å². The topological polar surface area (TPSA) is 100 Å². The van der Waals surface area contributed by atoms with E-state index in [1.165, 1.54) is 0 Å². The molecule has 6 nitrogen and oxygen atoms in total. The summed E-state index contributed by atoms with van der Waals surface area (Å²) in [6.07, 6.45) is 0. The van der Waals surface area contributed by atoms with Gasteiger partial charge in [-0.1, -0.05) is 60.7 Å². The zero-order chi connectivity index (χ0) is 18.1. The first-order valence-electron chi connectivity index (χ1n) is 7.58. The molecule has 6 heteroatoms. The molecule has 0 aromatic heterocycles. The monoisotopic (exact) mass is 334 g/mol. The van der Waals surface area contributed by atoms with Crippen molar-refractivity contribution in [3.8, 4) is 6.07 Å². The number of hydrogen-bond donors (Lipinski definition) is 2. The van der Waals surface area contributed by atoms with E-state index in [2.05, 4.69) is 16.6 Å². The van der Waals surface area contributed by atoms with Crippen LogP contribution < -0.4 is 11.2 Å². The molecule has 3 N–H and O–H groups in total. The molecule has 0 saturated heterocycles. The molecule has 0 fully saturated rings. The van der Waals surface area contributed by atoms with E-state index in [0.717, 1.165) is 11.1 Å². The molecule has 126 valence electrons. The first-order chi connectivity index (χ1) is 12.1. The SMILES string of the molecule is C/C(OC/C(=N\NC(N)=O)c1ccccc1)=C(/C#N)c1ccccc1. The van der Waals surface area contributed by atoms with Gasteiger partial charge in [0.05, 0.1) is 5.57 Å². The van der Waals surface area contributed by atoms with Crippen LogP contribution in [0.2, 0.25) is 0 Å².